The number of benzene rings is 3. The first-order valence-corrected chi connectivity index (χ1v) is 23.5. The lowest BCUT2D eigenvalue weighted by Crippen LogP contribution is -1.96. The molecule has 0 saturated heterocycles. The third-order valence-corrected chi connectivity index (χ3v) is 12.3. The lowest BCUT2D eigenvalue weighted by molar-refractivity contribution is 0.324. The number of hydrogen-bond acceptors (Lipinski definition) is 16. The number of aryl methyl sites for hydroxylation is 1. The van der Waals surface area contributed by atoms with Crippen LogP contribution in [0.2, 0.25) is 15.1 Å². The van der Waals surface area contributed by atoms with E-state index in [0.717, 1.165) is 38.3 Å². The van der Waals surface area contributed by atoms with Crippen LogP contribution in [0, 0.1) is 6.92 Å². The molecule has 0 aliphatic heterocycles. The van der Waals surface area contributed by atoms with E-state index in [2.05, 4.69) is 61.3 Å². The molecular weight excluding hydrogens is 1070 g/mol. The maximum atomic E-state index is 6.08. The minimum absolute atomic E-state index is 0.313. The summed E-state index contributed by atoms with van der Waals surface area (Å²) in [5.74, 6) is 4.71. The SMILES string of the molecule is COc1cc(-c2noc(-c3cnc4ccc(Cl)cn34)n2)cc(OC)c1OC.COc1ccc(-c2noc(-c3cnc4ccc(Cl)cn34)n2)cc1Br.Cc1ccc(-c2noc(-c3cnc4ccc(Cl)cn34)n2)cc1. The first-order chi connectivity index (χ1) is 35.5. The van der Waals surface area contributed by atoms with E-state index >= 15 is 0 Å². The molecule has 0 aliphatic carbocycles. The number of ether oxygens (including phenoxy) is 4. The number of methoxy groups -OCH3 is 4. The maximum Gasteiger partial charge on any atom is 0.276 e. The Hall–Kier alpha value is -8.30. The van der Waals surface area contributed by atoms with Crippen molar-refractivity contribution in [1.82, 2.24) is 58.6 Å². The van der Waals surface area contributed by atoms with Crippen molar-refractivity contribution in [3.05, 3.63) is 153 Å². The van der Waals surface area contributed by atoms with Crippen molar-refractivity contribution in [3.8, 4) is 91.9 Å². The van der Waals surface area contributed by atoms with Gasteiger partial charge in [0.15, 0.2) is 11.5 Å². The van der Waals surface area contributed by atoms with Gasteiger partial charge in [-0.15, -0.1) is 0 Å². The van der Waals surface area contributed by atoms with Crippen molar-refractivity contribution in [3.63, 3.8) is 0 Å². The largest absolute Gasteiger partial charge is 0.496 e. The number of rotatable bonds is 10. The molecule has 0 spiro atoms. The molecule has 12 aromatic rings. The Bertz CT molecular complexity index is 3900. The summed E-state index contributed by atoms with van der Waals surface area (Å²) in [6, 6.07) is 27.8. The molecule has 0 radical (unpaired) electrons. The average Bonchev–Trinajstić information content (AvgIpc) is 4.28. The number of nitrogens with zero attached hydrogens (tertiary/aromatic N) is 12. The summed E-state index contributed by atoms with van der Waals surface area (Å²) in [7, 11) is 6.25. The van der Waals surface area contributed by atoms with E-state index in [1.165, 1.54) is 5.56 Å². The third kappa shape index (κ3) is 10.0. The van der Waals surface area contributed by atoms with E-state index < -0.39 is 0 Å². The lowest BCUT2D eigenvalue weighted by Gasteiger charge is -2.12. The van der Waals surface area contributed by atoms with Gasteiger partial charge in [-0.25, -0.2) is 15.0 Å². The molecule has 9 heterocycles. The van der Waals surface area contributed by atoms with Crippen molar-refractivity contribution in [1.29, 1.82) is 0 Å². The molecule has 0 unspecified atom stereocenters. The number of aromatic nitrogens is 12. The van der Waals surface area contributed by atoms with Crippen LogP contribution in [0.15, 0.2) is 146 Å². The van der Waals surface area contributed by atoms with E-state index in [9.17, 15) is 0 Å². The Balaban J connectivity index is 0.000000126. The molecule has 0 saturated carbocycles. The summed E-state index contributed by atoms with van der Waals surface area (Å²) < 4.78 is 43.7. The monoisotopic (exact) mass is 1100 g/mol. The molecule has 73 heavy (non-hydrogen) atoms. The summed E-state index contributed by atoms with van der Waals surface area (Å²) in [5, 5.41) is 13.9. The first kappa shape index (κ1) is 48.3. The number of imidazole rings is 3. The fourth-order valence-electron chi connectivity index (χ4n) is 7.39. The minimum atomic E-state index is 0.313. The topological polar surface area (TPSA) is 206 Å². The third-order valence-electron chi connectivity index (χ3n) is 11.0. The van der Waals surface area contributed by atoms with Gasteiger partial charge >= 0.3 is 0 Å². The molecule has 0 atom stereocenters. The predicted octanol–water partition coefficient (Wildman–Crippen LogP) is 12.2. The molecule has 0 aliphatic rings. The molecule has 0 N–H and O–H groups in total. The second-order valence-corrected chi connectivity index (χ2v) is 17.7. The zero-order valence-electron chi connectivity index (χ0n) is 38.9. The quantitative estimate of drug-likeness (QED) is 0.125. The number of halogens is 4. The highest BCUT2D eigenvalue weighted by atomic mass is 79.9. The average molecular weight is 1100 g/mol. The Kier molecular flexibility index (Phi) is 13.8. The fraction of sp³-hybridized carbons (Fsp3) is 0.100. The van der Waals surface area contributed by atoms with Crippen LogP contribution in [0.3, 0.4) is 0 Å². The highest BCUT2D eigenvalue weighted by Crippen LogP contribution is 2.41. The Labute approximate surface area is 437 Å². The summed E-state index contributed by atoms with van der Waals surface area (Å²) in [5.41, 5.74) is 7.84. The van der Waals surface area contributed by atoms with Gasteiger partial charge in [0.2, 0.25) is 23.2 Å². The van der Waals surface area contributed by atoms with E-state index in [4.69, 9.17) is 67.3 Å². The molecule has 0 amide bonds. The normalized spacial score (nSPS) is 11.1. The zero-order valence-corrected chi connectivity index (χ0v) is 42.7. The number of pyridine rings is 3. The van der Waals surface area contributed by atoms with E-state index in [0.29, 0.717) is 90.1 Å². The van der Waals surface area contributed by atoms with Gasteiger partial charge in [0.1, 0.15) is 39.8 Å². The number of hydrogen-bond donors (Lipinski definition) is 0. The first-order valence-electron chi connectivity index (χ1n) is 21.6. The van der Waals surface area contributed by atoms with Crippen LogP contribution in [0.25, 0.3) is 85.9 Å². The number of fused-ring (bicyclic) bond motifs is 3. The van der Waals surface area contributed by atoms with Crippen molar-refractivity contribution in [2.75, 3.05) is 28.4 Å². The molecule has 366 valence electrons. The van der Waals surface area contributed by atoms with Gasteiger partial charge < -0.3 is 32.5 Å². The Morgan fingerprint density at radius 2 is 0.849 bits per heavy atom. The summed E-state index contributed by atoms with van der Waals surface area (Å²) in [6.45, 7) is 2.04. The van der Waals surface area contributed by atoms with Gasteiger partial charge in [0.05, 0.1) is 66.6 Å². The summed E-state index contributed by atoms with van der Waals surface area (Å²) >= 11 is 21.6. The molecule has 3 aromatic carbocycles. The molecule has 23 heteroatoms. The van der Waals surface area contributed by atoms with E-state index in [-0.39, 0.29) is 0 Å². The Morgan fingerprint density at radius 1 is 0.452 bits per heavy atom. The summed E-state index contributed by atoms with van der Waals surface area (Å²) in [6.07, 6.45) is 10.3. The Morgan fingerprint density at radius 3 is 1.25 bits per heavy atom. The fourth-order valence-corrected chi connectivity index (χ4v) is 8.41. The second kappa shape index (κ2) is 20.8. The van der Waals surface area contributed by atoms with Crippen LogP contribution in [0.1, 0.15) is 5.56 Å². The van der Waals surface area contributed by atoms with Crippen LogP contribution in [-0.4, -0.2) is 87.0 Å². The van der Waals surface area contributed by atoms with Crippen LogP contribution >= 0.6 is 50.7 Å². The highest BCUT2D eigenvalue weighted by molar-refractivity contribution is 9.10. The minimum Gasteiger partial charge on any atom is -0.496 e. The molecular formula is C50H36BrCl3N12O7. The van der Waals surface area contributed by atoms with Crippen LogP contribution in [-0.2, 0) is 0 Å². The molecule has 19 nitrogen and oxygen atoms in total. The maximum absolute atomic E-state index is 6.08. The van der Waals surface area contributed by atoms with Crippen molar-refractivity contribution in [2.45, 2.75) is 6.92 Å². The van der Waals surface area contributed by atoms with Crippen molar-refractivity contribution < 1.29 is 32.5 Å². The van der Waals surface area contributed by atoms with Crippen molar-refractivity contribution in [2.24, 2.45) is 0 Å². The predicted molar refractivity (Wildman–Crippen MR) is 275 cm³/mol. The summed E-state index contributed by atoms with van der Waals surface area (Å²) in [4.78, 5) is 26.3. The lowest BCUT2D eigenvalue weighted by atomic mass is 10.1. The smallest absolute Gasteiger partial charge is 0.276 e. The standard InChI is InChI=1S/C18H15ClN4O4.C16H10BrClN4O2.C16H11ClN4O/c1-24-13-6-10(7-14(25-2)16(13)26-3)17-21-18(27-22-17)12-8-20-15-5-4-11(19)9-23(12)15;1-23-13-4-2-9(6-11(13)17)15-20-16(24-21-15)12-7-19-14-5-3-10(18)8-22(12)14;1-10-2-4-11(5-3-10)15-19-16(22-20-15)13-8-18-14-7-6-12(17)9-21(13)14/h4-9H,1-3H3;2-8H,1H3;2-9H,1H3. The van der Waals surface area contributed by atoms with Gasteiger partial charge in [-0.2, -0.15) is 15.0 Å². The van der Waals surface area contributed by atoms with Gasteiger partial charge in [-0.3, -0.25) is 13.2 Å². The van der Waals surface area contributed by atoms with Crippen LogP contribution in [0.5, 0.6) is 23.0 Å². The van der Waals surface area contributed by atoms with Gasteiger partial charge in [-0.05, 0) is 89.6 Å². The van der Waals surface area contributed by atoms with Gasteiger partial charge in [0, 0.05) is 35.3 Å². The second-order valence-electron chi connectivity index (χ2n) is 15.6. The van der Waals surface area contributed by atoms with Gasteiger partial charge in [0.25, 0.3) is 17.7 Å². The zero-order chi connectivity index (χ0) is 50.8. The van der Waals surface area contributed by atoms with Crippen LogP contribution in [0.4, 0.5) is 0 Å². The molecule has 12 rings (SSSR count). The molecule has 0 bridgehead atoms. The highest BCUT2D eigenvalue weighted by Gasteiger charge is 2.21. The molecule has 0 fully saturated rings. The van der Waals surface area contributed by atoms with Crippen LogP contribution < -0.4 is 18.9 Å². The van der Waals surface area contributed by atoms with Gasteiger partial charge in [-0.1, -0.05) is 80.1 Å². The van der Waals surface area contributed by atoms with E-state index in [1.54, 1.807) is 100 Å². The van der Waals surface area contributed by atoms with E-state index in [1.807, 2.05) is 76.4 Å². The molecule has 9 aromatic heterocycles. The van der Waals surface area contributed by atoms with Crippen molar-refractivity contribution >= 4 is 67.7 Å².